The van der Waals surface area contributed by atoms with E-state index in [0.717, 1.165) is 31.6 Å². The monoisotopic (exact) mass is 263 g/mol. The minimum absolute atomic E-state index is 0.0773. The zero-order chi connectivity index (χ0) is 14.4. The van der Waals surface area contributed by atoms with Gasteiger partial charge in [0.05, 0.1) is 0 Å². The summed E-state index contributed by atoms with van der Waals surface area (Å²) in [5, 5.41) is 0. The van der Waals surface area contributed by atoms with E-state index < -0.39 is 0 Å². The van der Waals surface area contributed by atoms with Crippen molar-refractivity contribution in [2.24, 2.45) is 0 Å². The Morgan fingerprint density at radius 1 is 1.21 bits per heavy atom. The van der Waals surface area contributed by atoms with E-state index in [-0.39, 0.29) is 5.91 Å². The lowest BCUT2D eigenvalue weighted by molar-refractivity contribution is 0.0744. The molecule has 2 N–H and O–H groups in total. The first kappa shape index (κ1) is 15.5. The third kappa shape index (κ3) is 4.24. The summed E-state index contributed by atoms with van der Waals surface area (Å²) in [5.74, 6) is 0.0773. The number of benzene rings is 1. The standard InChI is InChI=1S/C15H25N3O/c1-5-9-18(11-10-17(3)4)15(19)13-7-6-8-14(16)12(13)2/h6-8H,5,9-11,16H2,1-4H3. The first-order chi connectivity index (χ1) is 8.97. The van der Waals surface area contributed by atoms with Crippen LogP contribution < -0.4 is 5.73 Å². The van der Waals surface area contributed by atoms with Gasteiger partial charge in [0.2, 0.25) is 0 Å². The number of nitrogen functional groups attached to an aromatic ring is 1. The summed E-state index contributed by atoms with van der Waals surface area (Å²) in [5.41, 5.74) is 8.14. The van der Waals surface area contributed by atoms with Crippen LogP contribution in [0.25, 0.3) is 0 Å². The van der Waals surface area contributed by atoms with Gasteiger partial charge in [-0.15, -0.1) is 0 Å². The zero-order valence-electron chi connectivity index (χ0n) is 12.4. The van der Waals surface area contributed by atoms with Crippen molar-refractivity contribution in [2.45, 2.75) is 20.3 Å². The molecule has 0 saturated carbocycles. The summed E-state index contributed by atoms with van der Waals surface area (Å²) in [6.07, 6.45) is 0.959. The summed E-state index contributed by atoms with van der Waals surface area (Å²) in [6, 6.07) is 5.52. The van der Waals surface area contributed by atoms with Crippen LogP contribution in [0.15, 0.2) is 18.2 Å². The summed E-state index contributed by atoms with van der Waals surface area (Å²) >= 11 is 0. The number of carbonyl (C=O) groups excluding carboxylic acids is 1. The number of carbonyl (C=O) groups is 1. The third-order valence-electron chi connectivity index (χ3n) is 3.20. The van der Waals surface area contributed by atoms with E-state index in [9.17, 15) is 4.79 Å². The van der Waals surface area contributed by atoms with Crippen LogP contribution in [0.2, 0.25) is 0 Å². The number of nitrogens with zero attached hydrogens (tertiary/aromatic N) is 2. The summed E-state index contributed by atoms with van der Waals surface area (Å²) in [7, 11) is 4.03. The Kier molecular flexibility index (Phi) is 5.83. The van der Waals surface area contributed by atoms with E-state index in [2.05, 4.69) is 11.8 Å². The second kappa shape index (κ2) is 7.14. The highest BCUT2D eigenvalue weighted by Crippen LogP contribution is 2.17. The van der Waals surface area contributed by atoms with Gasteiger partial charge in [-0.3, -0.25) is 4.79 Å². The number of hydrogen-bond acceptors (Lipinski definition) is 3. The fourth-order valence-corrected chi connectivity index (χ4v) is 1.96. The van der Waals surface area contributed by atoms with Gasteiger partial charge in [0, 0.05) is 30.9 Å². The molecule has 4 heteroatoms. The van der Waals surface area contributed by atoms with Gasteiger partial charge < -0.3 is 15.5 Å². The normalized spacial score (nSPS) is 10.8. The molecular weight excluding hydrogens is 238 g/mol. The van der Waals surface area contributed by atoms with Gasteiger partial charge in [0.15, 0.2) is 0 Å². The molecule has 0 heterocycles. The molecule has 1 aromatic carbocycles. The second-order valence-corrected chi connectivity index (χ2v) is 5.12. The number of amides is 1. The molecule has 0 aliphatic carbocycles. The van der Waals surface area contributed by atoms with E-state index in [1.807, 2.05) is 44.1 Å². The number of nitrogens with two attached hydrogens (primary N) is 1. The van der Waals surface area contributed by atoms with Crippen LogP contribution in [0.5, 0.6) is 0 Å². The van der Waals surface area contributed by atoms with Crippen LogP contribution in [0.4, 0.5) is 5.69 Å². The summed E-state index contributed by atoms with van der Waals surface area (Å²) < 4.78 is 0. The van der Waals surface area contributed by atoms with Crippen molar-refractivity contribution in [1.82, 2.24) is 9.80 Å². The van der Waals surface area contributed by atoms with Crippen LogP contribution >= 0.6 is 0 Å². The lowest BCUT2D eigenvalue weighted by Gasteiger charge is -2.25. The summed E-state index contributed by atoms with van der Waals surface area (Å²) in [4.78, 5) is 16.6. The molecule has 1 amide bonds. The van der Waals surface area contributed by atoms with E-state index >= 15 is 0 Å². The van der Waals surface area contributed by atoms with Crippen molar-refractivity contribution in [3.8, 4) is 0 Å². The summed E-state index contributed by atoms with van der Waals surface area (Å²) in [6.45, 7) is 6.38. The van der Waals surface area contributed by atoms with Crippen molar-refractivity contribution in [1.29, 1.82) is 0 Å². The first-order valence-corrected chi connectivity index (χ1v) is 6.76. The molecule has 0 spiro atoms. The average molecular weight is 263 g/mol. The van der Waals surface area contributed by atoms with Crippen molar-refractivity contribution in [3.63, 3.8) is 0 Å². The maximum atomic E-state index is 12.6. The second-order valence-electron chi connectivity index (χ2n) is 5.12. The van der Waals surface area contributed by atoms with E-state index in [4.69, 9.17) is 5.73 Å². The lowest BCUT2D eigenvalue weighted by atomic mass is 10.1. The molecule has 1 rings (SSSR count). The predicted molar refractivity (Wildman–Crippen MR) is 80.3 cm³/mol. The van der Waals surface area contributed by atoms with Crippen LogP contribution in [-0.4, -0.2) is 49.4 Å². The van der Waals surface area contributed by atoms with Crippen molar-refractivity contribution >= 4 is 11.6 Å². The first-order valence-electron chi connectivity index (χ1n) is 6.76. The Morgan fingerprint density at radius 2 is 1.89 bits per heavy atom. The van der Waals surface area contributed by atoms with Gasteiger partial charge in [-0.1, -0.05) is 13.0 Å². The quantitative estimate of drug-likeness (QED) is 0.799. The lowest BCUT2D eigenvalue weighted by Crippen LogP contribution is -2.37. The molecule has 0 saturated heterocycles. The molecule has 0 atom stereocenters. The Bertz CT molecular complexity index is 429. The van der Waals surface area contributed by atoms with Gasteiger partial charge in [-0.2, -0.15) is 0 Å². The highest BCUT2D eigenvalue weighted by molar-refractivity contribution is 5.96. The van der Waals surface area contributed by atoms with Crippen molar-refractivity contribution in [3.05, 3.63) is 29.3 Å². The van der Waals surface area contributed by atoms with Gasteiger partial charge in [-0.25, -0.2) is 0 Å². The fraction of sp³-hybridized carbons (Fsp3) is 0.533. The maximum absolute atomic E-state index is 12.6. The number of hydrogen-bond donors (Lipinski definition) is 1. The largest absolute Gasteiger partial charge is 0.398 e. The molecule has 0 bridgehead atoms. The van der Waals surface area contributed by atoms with Crippen molar-refractivity contribution < 1.29 is 4.79 Å². The zero-order valence-corrected chi connectivity index (χ0v) is 12.4. The smallest absolute Gasteiger partial charge is 0.254 e. The van der Waals surface area contributed by atoms with Gasteiger partial charge in [0.25, 0.3) is 5.91 Å². The molecule has 0 unspecified atom stereocenters. The molecule has 0 fully saturated rings. The van der Waals surface area contributed by atoms with E-state index in [1.54, 1.807) is 0 Å². The number of anilines is 1. The van der Waals surface area contributed by atoms with Crippen LogP contribution in [0.3, 0.4) is 0 Å². The average Bonchev–Trinajstić information content (AvgIpc) is 2.37. The number of likely N-dealkylation sites (N-methyl/N-ethyl adjacent to an activating group) is 1. The SMILES string of the molecule is CCCN(CCN(C)C)C(=O)c1cccc(N)c1C. The van der Waals surface area contributed by atoms with Gasteiger partial charge in [-0.05, 0) is 45.1 Å². The predicted octanol–water partition coefficient (Wildman–Crippen LogP) is 1.99. The minimum atomic E-state index is 0.0773. The molecule has 4 nitrogen and oxygen atoms in total. The van der Waals surface area contributed by atoms with E-state index in [1.165, 1.54) is 0 Å². The molecule has 0 radical (unpaired) electrons. The van der Waals surface area contributed by atoms with E-state index in [0.29, 0.717) is 11.3 Å². The highest BCUT2D eigenvalue weighted by atomic mass is 16.2. The minimum Gasteiger partial charge on any atom is -0.398 e. The fourth-order valence-electron chi connectivity index (χ4n) is 1.96. The van der Waals surface area contributed by atoms with Gasteiger partial charge >= 0.3 is 0 Å². The molecule has 0 aliphatic heterocycles. The maximum Gasteiger partial charge on any atom is 0.254 e. The third-order valence-corrected chi connectivity index (χ3v) is 3.20. The van der Waals surface area contributed by atoms with Crippen LogP contribution in [-0.2, 0) is 0 Å². The topological polar surface area (TPSA) is 49.6 Å². The number of rotatable bonds is 6. The van der Waals surface area contributed by atoms with Gasteiger partial charge in [0.1, 0.15) is 0 Å². The van der Waals surface area contributed by atoms with Crippen LogP contribution in [0, 0.1) is 6.92 Å². The Labute approximate surface area is 116 Å². The van der Waals surface area contributed by atoms with Crippen LogP contribution in [0.1, 0.15) is 29.3 Å². The highest BCUT2D eigenvalue weighted by Gasteiger charge is 2.17. The Balaban J connectivity index is 2.89. The Morgan fingerprint density at radius 3 is 2.47 bits per heavy atom. The molecule has 106 valence electrons. The molecule has 0 aliphatic rings. The molecule has 0 aromatic heterocycles. The molecule has 19 heavy (non-hydrogen) atoms. The van der Waals surface area contributed by atoms with Crippen molar-refractivity contribution in [2.75, 3.05) is 39.5 Å². The molecule has 1 aromatic rings. The Hall–Kier alpha value is -1.55. The molecular formula is C15H25N3O.